The van der Waals surface area contributed by atoms with Crippen molar-refractivity contribution in [3.63, 3.8) is 0 Å². The molecule has 0 unspecified atom stereocenters. The van der Waals surface area contributed by atoms with Gasteiger partial charge in [-0.3, -0.25) is 0 Å². The smallest absolute Gasteiger partial charge is 0.0605 e. The molecule has 2 saturated carbocycles. The molecule has 0 bridgehead atoms. The molecule has 2 aromatic carbocycles. The van der Waals surface area contributed by atoms with Gasteiger partial charge in [0.05, 0.1) is 6.15 Å². The maximum atomic E-state index is 2.45. The molecule has 0 atom stereocenters. The summed E-state index contributed by atoms with van der Waals surface area (Å²) in [6.45, 7) is 0. The third-order valence-electron chi connectivity index (χ3n) is 7.49. The van der Waals surface area contributed by atoms with E-state index in [2.05, 4.69) is 60.7 Å². The SMILES string of the molecule is c1ccc([B-](c2ccccc2)(C2CCCCC2)C2CCCCC2)cc1. The zero-order valence-electron chi connectivity index (χ0n) is 15.6. The summed E-state index contributed by atoms with van der Waals surface area (Å²) in [6.07, 6.45) is 13.7. The van der Waals surface area contributed by atoms with Crippen molar-refractivity contribution >= 4 is 17.1 Å². The van der Waals surface area contributed by atoms with Crippen LogP contribution in [-0.4, -0.2) is 6.15 Å². The first-order valence-corrected chi connectivity index (χ1v) is 10.7. The van der Waals surface area contributed by atoms with Gasteiger partial charge in [-0.15, -0.1) is 0 Å². The van der Waals surface area contributed by atoms with Crippen LogP contribution >= 0.6 is 0 Å². The molecule has 0 N–H and O–H groups in total. The van der Waals surface area contributed by atoms with Gasteiger partial charge >= 0.3 is 0 Å². The molecule has 2 aromatic rings. The Balaban J connectivity index is 1.89. The molecule has 0 heterocycles. The van der Waals surface area contributed by atoms with Crippen molar-refractivity contribution in [1.29, 1.82) is 0 Å². The van der Waals surface area contributed by atoms with E-state index in [0.717, 1.165) is 11.6 Å². The van der Waals surface area contributed by atoms with E-state index in [4.69, 9.17) is 0 Å². The molecular weight excluding hydrogens is 299 g/mol. The van der Waals surface area contributed by atoms with E-state index in [1.807, 2.05) is 0 Å². The quantitative estimate of drug-likeness (QED) is 0.610. The summed E-state index contributed by atoms with van der Waals surface area (Å²) in [5.41, 5.74) is 3.29. The molecule has 0 saturated heterocycles. The van der Waals surface area contributed by atoms with Crippen molar-refractivity contribution < 1.29 is 0 Å². The molecule has 4 rings (SSSR count). The van der Waals surface area contributed by atoms with Crippen molar-refractivity contribution in [3.05, 3.63) is 60.7 Å². The molecular formula is C24H32B-. The van der Waals surface area contributed by atoms with Crippen LogP contribution in [-0.2, 0) is 0 Å². The fraction of sp³-hybridized carbons (Fsp3) is 0.500. The number of hydrogen-bond acceptors (Lipinski definition) is 0. The molecule has 1 heteroatoms. The van der Waals surface area contributed by atoms with Crippen LogP contribution in [0.15, 0.2) is 60.7 Å². The number of rotatable bonds is 4. The zero-order valence-corrected chi connectivity index (χ0v) is 15.6. The third-order valence-corrected chi connectivity index (χ3v) is 7.49. The highest BCUT2D eigenvalue weighted by Gasteiger charge is 2.42. The molecule has 25 heavy (non-hydrogen) atoms. The van der Waals surface area contributed by atoms with Gasteiger partial charge in [0.25, 0.3) is 0 Å². The Bertz CT molecular complexity index is 577. The number of benzene rings is 2. The summed E-state index contributed by atoms with van der Waals surface area (Å²) >= 11 is 0. The van der Waals surface area contributed by atoms with E-state index in [1.165, 1.54) is 64.2 Å². The topological polar surface area (TPSA) is 0 Å². The van der Waals surface area contributed by atoms with Crippen molar-refractivity contribution in [3.8, 4) is 0 Å². The first kappa shape index (κ1) is 16.9. The predicted octanol–water partition coefficient (Wildman–Crippen LogP) is 5.92. The van der Waals surface area contributed by atoms with Crippen LogP contribution in [0.25, 0.3) is 0 Å². The minimum atomic E-state index is -0.662. The van der Waals surface area contributed by atoms with Crippen LogP contribution in [0.5, 0.6) is 0 Å². The van der Waals surface area contributed by atoms with Crippen molar-refractivity contribution in [1.82, 2.24) is 0 Å². The molecule has 0 spiro atoms. The van der Waals surface area contributed by atoms with Crippen LogP contribution in [0.1, 0.15) is 64.2 Å². The molecule has 0 aliphatic heterocycles. The van der Waals surface area contributed by atoms with Crippen LogP contribution in [0.4, 0.5) is 0 Å². The summed E-state index contributed by atoms with van der Waals surface area (Å²) in [6, 6.07) is 23.3. The molecule has 0 radical (unpaired) electrons. The van der Waals surface area contributed by atoms with Gasteiger partial charge in [0.15, 0.2) is 0 Å². The summed E-state index contributed by atoms with van der Waals surface area (Å²) in [7, 11) is 0. The third kappa shape index (κ3) is 3.19. The Hall–Kier alpha value is -1.50. The second-order valence-corrected chi connectivity index (χ2v) is 8.62. The monoisotopic (exact) mass is 331 g/mol. The largest absolute Gasteiger partial charge is 0.204 e. The summed E-state index contributed by atoms with van der Waals surface area (Å²) < 4.78 is 0. The van der Waals surface area contributed by atoms with Gasteiger partial charge in [-0.25, -0.2) is 10.9 Å². The predicted molar refractivity (Wildman–Crippen MR) is 112 cm³/mol. The average molecular weight is 331 g/mol. The molecule has 0 aromatic heterocycles. The van der Waals surface area contributed by atoms with Gasteiger partial charge in [-0.05, 0) is 0 Å². The van der Waals surface area contributed by atoms with E-state index >= 15 is 0 Å². The van der Waals surface area contributed by atoms with E-state index in [-0.39, 0.29) is 0 Å². The average Bonchev–Trinajstić information content (AvgIpc) is 2.72. The lowest BCUT2D eigenvalue weighted by Gasteiger charge is -2.56. The van der Waals surface area contributed by atoms with E-state index in [0.29, 0.717) is 0 Å². The van der Waals surface area contributed by atoms with E-state index < -0.39 is 6.15 Å². The summed E-state index contributed by atoms with van der Waals surface area (Å²) in [5.74, 6) is 1.73. The Morgan fingerprint density at radius 2 is 0.840 bits per heavy atom. The Morgan fingerprint density at radius 3 is 1.20 bits per heavy atom. The lowest BCUT2D eigenvalue weighted by molar-refractivity contribution is 0.459. The van der Waals surface area contributed by atoms with Crippen LogP contribution in [0.2, 0.25) is 11.6 Å². The molecule has 2 fully saturated rings. The van der Waals surface area contributed by atoms with E-state index in [1.54, 1.807) is 10.9 Å². The summed E-state index contributed by atoms with van der Waals surface area (Å²) in [4.78, 5) is 0. The Morgan fingerprint density at radius 1 is 0.480 bits per heavy atom. The lowest BCUT2D eigenvalue weighted by atomic mass is 9.07. The molecule has 2 aliphatic rings. The maximum absolute atomic E-state index is 2.45. The molecule has 2 aliphatic carbocycles. The van der Waals surface area contributed by atoms with Crippen molar-refractivity contribution in [2.75, 3.05) is 0 Å². The second-order valence-electron chi connectivity index (χ2n) is 8.62. The molecule has 0 amide bonds. The fourth-order valence-electron chi connectivity index (χ4n) is 6.53. The summed E-state index contributed by atoms with van der Waals surface area (Å²) in [5, 5.41) is 0. The highest BCUT2D eigenvalue weighted by atomic mass is 14.3. The van der Waals surface area contributed by atoms with Crippen LogP contribution in [0, 0.1) is 0 Å². The van der Waals surface area contributed by atoms with E-state index in [9.17, 15) is 0 Å². The minimum Gasteiger partial charge on any atom is -0.204 e. The van der Waals surface area contributed by atoms with Crippen LogP contribution in [0.3, 0.4) is 0 Å². The van der Waals surface area contributed by atoms with Gasteiger partial charge < -0.3 is 0 Å². The van der Waals surface area contributed by atoms with Gasteiger partial charge in [-0.1, -0.05) is 125 Å². The standard InChI is InChI=1S/C24H32B/c1-5-13-21(14-6-1)25(22-15-7-2-8-16-22,23-17-9-3-10-18-23)24-19-11-4-12-20-24/h1-2,5-8,13-16,23-24H,3-4,9-12,17-20H2/q-1. The Kier molecular flexibility index (Phi) is 5.29. The highest BCUT2D eigenvalue weighted by Crippen LogP contribution is 2.47. The number of hydrogen-bond donors (Lipinski definition) is 0. The van der Waals surface area contributed by atoms with Gasteiger partial charge in [0, 0.05) is 0 Å². The normalized spacial score (nSPS) is 20.5. The first-order chi connectivity index (χ1) is 12.4. The fourth-order valence-corrected chi connectivity index (χ4v) is 6.53. The maximum Gasteiger partial charge on any atom is 0.0605 e. The van der Waals surface area contributed by atoms with Crippen molar-refractivity contribution in [2.24, 2.45) is 0 Å². The van der Waals surface area contributed by atoms with Gasteiger partial charge in [-0.2, -0.15) is 11.6 Å². The molecule has 132 valence electrons. The van der Waals surface area contributed by atoms with Gasteiger partial charge in [0.2, 0.25) is 0 Å². The lowest BCUT2D eigenvalue weighted by Crippen LogP contribution is -2.65. The highest BCUT2D eigenvalue weighted by molar-refractivity contribution is 7.04. The first-order valence-electron chi connectivity index (χ1n) is 10.7. The second kappa shape index (κ2) is 7.81. The Labute approximate surface area is 154 Å². The zero-order chi connectivity index (χ0) is 17.0. The van der Waals surface area contributed by atoms with Gasteiger partial charge in [0.1, 0.15) is 0 Å². The molecule has 0 nitrogen and oxygen atoms in total. The van der Waals surface area contributed by atoms with Crippen molar-refractivity contribution in [2.45, 2.75) is 75.8 Å². The minimum absolute atomic E-state index is 0.662. The van der Waals surface area contributed by atoms with Crippen LogP contribution < -0.4 is 10.9 Å².